The number of amides is 1. The molecule has 166 valence electrons. The van der Waals surface area contributed by atoms with Crippen LogP contribution in [0.25, 0.3) is 0 Å². The molecule has 5 rings (SSSR count). The van der Waals surface area contributed by atoms with E-state index in [9.17, 15) is 4.79 Å². The van der Waals surface area contributed by atoms with Crippen molar-refractivity contribution in [3.8, 4) is 5.75 Å². The van der Waals surface area contributed by atoms with Crippen molar-refractivity contribution in [3.05, 3.63) is 42.0 Å². The van der Waals surface area contributed by atoms with Crippen LogP contribution in [0.2, 0.25) is 0 Å². The zero-order valence-electron chi connectivity index (χ0n) is 18.4. The third kappa shape index (κ3) is 4.32. The molecule has 1 aromatic rings. The van der Waals surface area contributed by atoms with Crippen LogP contribution < -0.4 is 10.1 Å². The molecule has 2 aliphatic carbocycles. The zero-order chi connectivity index (χ0) is 21.4. The van der Waals surface area contributed by atoms with Gasteiger partial charge in [0.1, 0.15) is 5.75 Å². The Hall–Kier alpha value is -2.08. The molecule has 1 aromatic carbocycles. The Balaban J connectivity index is 1.08. The van der Waals surface area contributed by atoms with Crippen LogP contribution in [0.15, 0.2) is 36.4 Å². The molecule has 4 aliphatic rings. The van der Waals surface area contributed by atoms with E-state index in [4.69, 9.17) is 17.0 Å². The number of likely N-dealkylation sites (tertiary alicyclic amines) is 2. The van der Waals surface area contributed by atoms with E-state index < -0.39 is 0 Å². The number of hydrogen-bond donors (Lipinski definition) is 1. The van der Waals surface area contributed by atoms with E-state index in [-0.39, 0.29) is 12.5 Å². The highest BCUT2D eigenvalue weighted by molar-refractivity contribution is 7.80. The molecule has 5 nitrogen and oxygen atoms in total. The second-order valence-corrected chi connectivity index (χ2v) is 10.3. The number of para-hydroxylation sites is 1. The summed E-state index contributed by atoms with van der Waals surface area (Å²) in [5.74, 6) is 2.31. The van der Waals surface area contributed by atoms with Crippen molar-refractivity contribution in [1.29, 1.82) is 0 Å². The van der Waals surface area contributed by atoms with Gasteiger partial charge in [-0.15, -0.1) is 0 Å². The van der Waals surface area contributed by atoms with E-state index in [1.807, 2.05) is 36.1 Å². The van der Waals surface area contributed by atoms with Gasteiger partial charge < -0.3 is 19.9 Å². The summed E-state index contributed by atoms with van der Waals surface area (Å²) < 4.78 is 5.77. The highest BCUT2D eigenvalue weighted by atomic mass is 32.1. The molecule has 1 N–H and O–H groups in total. The fourth-order valence-electron chi connectivity index (χ4n) is 5.89. The average Bonchev–Trinajstić information content (AvgIpc) is 3.50. The minimum Gasteiger partial charge on any atom is -0.484 e. The number of piperidine rings is 1. The molecule has 2 aliphatic heterocycles. The number of rotatable bonds is 4. The van der Waals surface area contributed by atoms with Crippen LogP contribution >= 0.6 is 12.2 Å². The van der Waals surface area contributed by atoms with E-state index in [1.165, 1.54) is 19.3 Å². The first-order valence-electron chi connectivity index (χ1n) is 11.7. The lowest BCUT2D eigenvalue weighted by atomic mass is 9.78. The van der Waals surface area contributed by atoms with Crippen molar-refractivity contribution in [1.82, 2.24) is 15.1 Å². The summed E-state index contributed by atoms with van der Waals surface area (Å²) in [6.45, 7) is 5.83. The first-order valence-corrected chi connectivity index (χ1v) is 12.1. The zero-order valence-corrected chi connectivity index (χ0v) is 19.2. The summed E-state index contributed by atoms with van der Waals surface area (Å²) in [4.78, 5) is 17.0. The normalized spacial score (nSPS) is 28.4. The molecule has 1 spiro atoms. The fourth-order valence-corrected chi connectivity index (χ4v) is 6.20. The Labute approximate surface area is 190 Å². The maximum absolute atomic E-state index is 12.7. The molecule has 3 unspecified atom stereocenters. The second kappa shape index (κ2) is 8.45. The lowest BCUT2D eigenvalue weighted by molar-refractivity contribution is -0.135. The molecule has 1 amide bonds. The summed E-state index contributed by atoms with van der Waals surface area (Å²) in [5, 5.41) is 4.60. The van der Waals surface area contributed by atoms with Gasteiger partial charge in [0.15, 0.2) is 11.7 Å². The van der Waals surface area contributed by atoms with Gasteiger partial charge in [-0.05, 0) is 80.1 Å². The minimum atomic E-state index is 0.0921. The molecule has 0 radical (unpaired) electrons. The van der Waals surface area contributed by atoms with E-state index in [0.717, 1.165) is 61.4 Å². The van der Waals surface area contributed by atoms with Crippen LogP contribution in [0.4, 0.5) is 0 Å². The largest absolute Gasteiger partial charge is 0.484 e. The number of allylic oxidation sites excluding steroid dienone is 1. The maximum Gasteiger partial charge on any atom is 0.260 e. The monoisotopic (exact) mass is 439 g/mol. The molecule has 3 fully saturated rings. The average molecular weight is 440 g/mol. The highest BCUT2D eigenvalue weighted by Gasteiger charge is 2.43. The number of fused-ring (bicyclic) bond motifs is 2. The molecule has 2 heterocycles. The fraction of sp³-hybridized carbons (Fsp3) is 0.600. The minimum absolute atomic E-state index is 0.0921. The topological polar surface area (TPSA) is 44.8 Å². The Kier molecular flexibility index (Phi) is 5.67. The molecular weight excluding hydrogens is 406 g/mol. The van der Waals surface area contributed by atoms with Crippen molar-refractivity contribution < 1.29 is 9.53 Å². The van der Waals surface area contributed by atoms with Gasteiger partial charge >= 0.3 is 0 Å². The van der Waals surface area contributed by atoms with Crippen molar-refractivity contribution in [2.75, 3.05) is 32.8 Å². The number of thiocarbonyl (C=S) groups is 1. The van der Waals surface area contributed by atoms with Crippen molar-refractivity contribution in [3.63, 3.8) is 0 Å². The van der Waals surface area contributed by atoms with Gasteiger partial charge in [0, 0.05) is 32.2 Å². The molecule has 0 aromatic heterocycles. The smallest absolute Gasteiger partial charge is 0.260 e. The third-order valence-corrected chi connectivity index (χ3v) is 8.31. The van der Waals surface area contributed by atoms with Crippen LogP contribution in [0.3, 0.4) is 0 Å². The number of hydrogen-bond acceptors (Lipinski definition) is 3. The summed E-state index contributed by atoms with van der Waals surface area (Å²) in [5.41, 5.74) is 1.36. The maximum atomic E-state index is 12.7. The SMILES string of the molecule is Cc1ccccc1OCC(=O)N1CCC2(CC1)CCN(C(=S)NC1CC3C=CC1C3)C2. The third-order valence-electron chi connectivity index (χ3n) is 7.93. The number of aryl methyl sites for hydroxylation is 1. The molecule has 2 saturated heterocycles. The van der Waals surface area contributed by atoms with E-state index in [0.29, 0.717) is 17.4 Å². The predicted octanol–water partition coefficient (Wildman–Crippen LogP) is 3.53. The lowest BCUT2D eigenvalue weighted by Crippen LogP contribution is -2.48. The van der Waals surface area contributed by atoms with Gasteiger partial charge in [-0.3, -0.25) is 4.79 Å². The quantitative estimate of drug-likeness (QED) is 0.574. The summed E-state index contributed by atoms with van der Waals surface area (Å²) in [6.07, 6.45) is 10.5. The van der Waals surface area contributed by atoms with Crippen LogP contribution in [0.1, 0.15) is 37.7 Å². The summed E-state index contributed by atoms with van der Waals surface area (Å²) in [6, 6.07) is 8.37. The number of carbonyl (C=O) groups excluding carboxylic acids is 1. The van der Waals surface area contributed by atoms with Gasteiger partial charge in [0.25, 0.3) is 5.91 Å². The standard InChI is InChI=1S/C25H33N3O2S/c1-18-4-2-3-5-22(18)30-16-23(29)27-11-8-25(9-12-27)10-13-28(17-25)24(31)26-21-15-19-6-7-20(21)14-19/h2-7,19-21H,8-17H2,1H3,(H,26,31). The lowest BCUT2D eigenvalue weighted by Gasteiger charge is -2.39. The van der Waals surface area contributed by atoms with Crippen molar-refractivity contribution >= 4 is 23.2 Å². The van der Waals surface area contributed by atoms with Crippen molar-refractivity contribution in [2.24, 2.45) is 17.3 Å². The van der Waals surface area contributed by atoms with Gasteiger partial charge in [-0.1, -0.05) is 30.4 Å². The van der Waals surface area contributed by atoms with E-state index in [1.54, 1.807) is 0 Å². The molecule has 3 atom stereocenters. The number of benzene rings is 1. The molecule has 1 saturated carbocycles. The molecule has 6 heteroatoms. The second-order valence-electron chi connectivity index (χ2n) is 9.94. The van der Waals surface area contributed by atoms with Crippen LogP contribution in [-0.4, -0.2) is 59.6 Å². The first-order chi connectivity index (χ1) is 15.0. The Bertz CT molecular complexity index is 877. The Morgan fingerprint density at radius 1 is 1.13 bits per heavy atom. The predicted molar refractivity (Wildman–Crippen MR) is 126 cm³/mol. The van der Waals surface area contributed by atoms with E-state index >= 15 is 0 Å². The number of carbonyl (C=O) groups is 1. The van der Waals surface area contributed by atoms with E-state index in [2.05, 4.69) is 22.4 Å². The van der Waals surface area contributed by atoms with Crippen LogP contribution in [0.5, 0.6) is 5.75 Å². The molecule has 2 bridgehead atoms. The highest BCUT2D eigenvalue weighted by Crippen LogP contribution is 2.42. The number of ether oxygens (including phenoxy) is 1. The van der Waals surface area contributed by atoms with Crippen LogP contribution in [0, 0.1) is 24.2 Å². The van der Waals surface area contributed by atoms with Crippen LogP contribution in [-0.2, 0) is 4.79 Å². The van der Waals surface area contributed by atoms with Gasteiger partial charge in [0.05, 0.1) is 0 Å². The Morgan fingerprint density at radius 2 is 1.87 bits per heavy atom. The number of nitrogens with one attached hydrogen (secondary N) is 1. The van der Waals surface area contributed by atoms with Gasteiger partial charge in [0.2, 0.25) is 0 Å². The first kappa shape index (κ1) is 20.8. The molecular formula is C25H33N3O2S. The van der Waals surface area contributed by atoms with Gasteiger partial charge in [-0.2, -0.15) is 0 Å². The summed E-state index contributed by atoms with van der Waals surface area (Å²) in [7, 11) is 0. The van der Waals surface area contributed by atoms with Gasteiger partial charge in [-0.25, -0.2) is 0 Å². The summed E-state index contributed by atoms with van der Waals surface area (Å²) >= 11 is 5.78. The van der Waals surface area contributed by atoms with Crippen molar-refractivity contribution in [2.45, 2.75) is 45.1 Å². The Morgan fingerprint density at radius 3 is 2.55 bits per heavy atom. The molecule has 31 heavy (non-hydrogen) atoms. The number of nitrogens with zero attached hydrogens (tertiary/aromatic N) is 2.